The number of hydrogen-bond donors (Lipinski definition) is 1. The highest BCUT2D eigenvalue weighted by Crippen LogP contribution is 2.40. The van der Waals surface area contributed by atoms with Gasteiger partial charge in [0.25, 0.3) is 0 Å². The van der Waals surface area contributed by atoms with Crippen molar-refractivity contribution in [2.24, 2.45) is 0 Å². The van der Waals surface area contributed by atoms with E-state index in [-0.39, 0.29) is 6.42 Å². The number of fused-ring (bicyclic) bond motifs is 1. The van der Waals surface area contributed by atoms with Crippen LogP contribution >= 0.6 is 0 Å². The molecule has 27 heavy (non-hydrogen) atoms. The fraction of sp³-hybridized carbons (Fsp3) is 0.522. The number of rotatable bonds is 4. The van der Waals surface area contributed by atoms with Crippen molar-refractivity contribution >= 4 is 16.7 Å². The molecule has 1 heterocycles. The van der Waals surface area contributed by atoms with Crippen molar-refractivity contribution < 1.29 is 9.90 Å². The molecule has 2 atom stereocenters. The Labute approximate surface area is 161 Å². The van der Waals surface area contributed by atoms with E-state index in [0.717, 1.165) is 37.1 Å². The van der Waals surface area contributed by atoms with E-state index in [4.69, 9.17) is 0 Å². The van der Waals surface area contributed by atoms with Crippen molar-refractivity contribution in [3.63, 3.8) is 0 Å². The molecule has 0 radical (unpaired) electrons. The van der Waals surface area contributed by atoms with Crippen molar-refractivity contribution in [1.29, 1.82) is 0 Å². The molecule has 144 valence electrons. The van der Waals surface area contributed by atoms with Crippen LogP contribution in [0.5, 0.6) is 0 Å². The molecule has 1 saturated heterocycles. The van der Waals surface area contributed by atoms with Crippen LogP contribution in [0.2, 0.25) is 0 Å². The van der Waals surface area contributed by atoms with Gasteiger partial charge < -0.3 is 10.0 Å². The van der Waals surface area contributed by atoms with Crippen molar-refractivity contribution in [2.45, 2.75) is 44.1 Å². The van der Waals surface area contributed by atoms with Crippen LogP contribution in [0.4, 0.5) is 0 Å². The highest BCUT2D eigenvalue weighted by Gasteiger charge is 2.33. The quantitative estimate of drug-likeness (QED) is 0.895. The lowest BCUT2D eigenvalue weighted by atomic mass is 9.77. The number of nitrogens with zero attached hydrogens (tertiary/aromatic N) is 2. The van der Waals surface area contributed by atoms with E-state index in [1.807, 2.05) is 12.1 Å². The van der Waals surface area contributed by atoms with Crippen LogP contribution in [-0.4, -0.2) is 60.1 Å². The van der Waals surface area contributed by atoms with Crippen LogP contribution < -0.4 is 0 Å². The monoisotopic (exact) mass is 366 g/mol. The fourth-order valence-corrected chi connectivity index (χ4v) is 5.10. The summed E-state index contributed by atoms with van der Waals surface area (Å²) >= 11 is 0. The van der Waals surface area contributed by atoms with Crippen molar-refractivity contribution in [1.82, 2.24) is 9.80 Å². The Morgan fingerprint density at radius 3 is 2.48 bits per heavy atom. The van der Waals surface area contributed by atoms with E-state index >= 15 is 0 Å². The first-order valence-electron chi connectivity index (χ1n) is 10.3. The summed E-state index contributed by atoms with van der Waals surface area (Å²) in [5.74, 6) is -0.216. The zero-order valence-corrected chi connectivity index (χ0v) is 16.2. The predicted octanol–water partition coefficient (Wildman–Crippen LogP) is 3.74. The third kappa shape index (κ3) is 3.87. The van der Waals surface area contributed by atoms with Gasteiger partial charge in [0.2, 0.25) is 0 Å². The molecule has 2 unspecified atom stereocenters. The summed E-state index contributed by atoms with van der Waals surface area (Å²) in [5.41, 5.74) is 2.34. The molecule has 1 aliphatic heterocycles. The Bertz CT molecular complexity index is 811. The summed E-state index contributed by atoms with van der Waals surface area (Å²) in [5, 5.41) is 11.6. The van der Waals surface area contributed by atoms with Gasteiger partial charge in [-0.2, -0.15) is 0 Å². The van der Waals surface area contributed by atoms with Gasteiger partial charge in [-0.1, -0.05) is 49.2 Å². The van der Waals surface area contributed by atoms with Gasteiger partial charge in [0.15, 0.2) is 0 Å². The number of likely N-dealkylation sites (N-methyl/N-ethyl adjacent to an activating group) is 1. The van der Waals surface area contributed by atoms with Gasteiger partial charge >= 0.3 is 5.97 Å². The van der Waals surface area contributed by atoms with Gasteiger partial charge in [0.05, 0.1) is 6.42 Å². The van der Waals surface area contributed by atoms with Crippen LogP contribution in [0.1, 0.15) is 42.7 Å². The summed E-state index contributed by atoms with van der Waals surface area (Å²) in [7, 11) is 2.21. The van der Waals surface area contributed by atoms with Gasteiger partial charge in [-0.15, -0.1) is 0 Å². The molecule has 0 amide bonds. The smallest absolute Gasteiger partial charge is 0.307 e. The van der Waals surface area contributed by atoms with E-state index in [0.29, 0.717) is 12.0 Å². The van der Waals surface area contributed by atoms with Gasteiger partial charge in [-0.25, -0.2) is 0 Å². The minimum absolute atomic E-state index is 0.0906. The molecular formula is C23H30N2O2. The number of carbonyl (C=O) groups is 1. The number of piperazine rings is 1. The van der Waals surface area contributed by atoms with Crippen molar-refractivity contribution in [3.8, 4) is 0 Å². The summed E-state index contributed by atoms with van der Waals surface area (Å²) in [6.45, 7) is 4.63. The Hall–Kier alpha value is -1.91. The standard InChI is InChI=1S/C23H30N2O2/c1-24-12-14-25(15-13-24)22-11-3-2-7-21(22)20-10-5-8-18-17(16-23(26)27)6-4-9-19(18)20/h4-6,8-10,21-22H,2-3,7,11-16H2,1H3,(H,26,27). The maximum Gasteiger partial charge on any atom is 0.307 e. The lowest BCUT2D eigenvalue weighted by Crippen LogP contribution is -2.51. The van der Waals surface area contributed by atoms with Gasteiger partial charge in [-0.05, 0) is 41.8 Å². The predicted molar refractivity (Wildman–Crippen MR) is 109 cm³/mol. The number of hydrogen-bond acceptors (Lipinski definition) is 3. The molecule has 4 heteroatoms. The summed E-state index contributed by atoms with van der Waals surface area (Å²) in [6.07, 6.45) is 5.22. The lowest BCUT2D eigenvalue weighted by Gasteiger charge is -2.44. The second kappa shape index (κ2) is 7.99. The first kappa shape index (κ1) is 18.5. The van der Waals surface area contributed by atoms with Crippen LogP contribution in [0.3, 0.4) is 0 Å². The molecule has 0 bridgehead atoms. The molecule has 1 N–H and O–H groups in total. The second-order valence-corrected chi connectivity index (χ2v) is 8.23. The Morgan fingerprint density at radius 2 is 1.70 bits per heavy atom. The first-order valence-corrected chi connectivity index (χ1v) is 10.3. The van der Waals surface area contributed by atoms with E-state index in [9.17, 15) is 9.90 Å². The zero-order valence-electron chi connectivity index (χ0n) is 16.2. The molecule has 2 aromatic carbocycles. The van der Waals surface area contributed by atoms with Crippen LogP contribution in [0.15, 0.2) is 36.4 Å². The van der Waals surface area contributed by atoms with Gasteiger partial charge in [0.1, 0.15) is 0 Å². The zero-order chi connectivity index (χ0) is 18.8. The van der Waals surface area contributed by atoms with E-state index < -0.39 is 5.97 Å². The molecule has 0 aromatic heterocycles. The van der Waals surface area contributed by atoms with Crippen LogP contribution in [-0.2, 0) is 11.2 Å². The third-order valence-electron chi connectivity index (χ3n) is 6.52. The number of carboxylic acid groups (broad SMARTS) is 1. The van der Waals surface area contributed by atoms with Gasteiger partial charge in [-0.3, -0.25) is 9.69 Å². The fourth-order valence-electron chi connectivity index (χ4n) is 5.10. The summed E-state index contributed by atoms with van der Waals surface area (Å²) in [4.78, 5) is 16.4. The maximum absolute atomic E-state index is 11.3. The Balaban J connectivity index is 1.70. The lowest BCUT2D eigenvalue weighted by molar-refractivity contribution is -0.136. The highest BCUT2D eigenvalue weighted by atomic mass is 16.4. The molecule has 4 rings (SSSR count). The molecule has 1 saturated carbocycles. The number of carboxylic acids is 1. The average Bonchev–Trinajstić information content (AvgIpc) is 2.68. The molecule has 2 aromatic rings. The van der Waals surface area contributed by atoms with Crippen LogP contribution in [0.25, 0.3) is 10.8 Å². The minimum atomic E-state index is -0.763. The largest absolute Gasteiger partial charge is 0.481 e. The van der Waals surface area contributed by atoms with E-state index in [2.05, 4.69) is 41.1 Å². The second-order valence-electron chi connectivity index (χ2n) is 8.23. The molecule has 1 aliphatic carbocycles. The SMILES string of the molecule is CN1CCN(C2CCCCC2c2cccc3c(CC(=O)O)cccc23)CC1. The number of benzene rings is 2. The average molecular weight is 367 g/mol. The van der Waals surface area contributed by atoms with Crippen molar-refractivity contribution in [2.75, 3.05) is 33.2 Å². The molecule has 4 nitrogen and oxygen atoms in total. The summed E-state index contributed by atoms with van der Waals surface area (Å²) < 4.78 is 0. The molecule has 2 aliphatic rings. The molecule has 0 spiro atoms. The van der Waals surface area contributed by atoms with Crippen LogP contribution in [0, 0.1) is 0 Å². The number of aliphatic carboxylic acids is 1. The third-order valence-corrected chi connectivity index (χ3v) is 6.52. The summed E-state index contributed by atoms with van der Waals surface area (Å²) in [6, 6.07) is 13.3. The normalized spacial score (nSPS) is 24.9. The Morgan fingerprint density at radius 1 is 1.00 bits per heavy atom. The van der Waals surface area contributed by atoms with E-state index in [1.54, 1.807) is 0 Å². The Kier molecular flexibility index (Phi) is 5.46. The topological polar surface area (TPSA) is 43.8 Å². The highest BCUT2D eigenvalue weighted by molar-refractivity contribution is 5.91. The van der Waals surface area contributed by atoms with Crippen molar-refractivity contribution in [3.05, 3.63) is 47.5 Å². The first-order chi connectivity index (χ1) is 13.1. The minimum Gasteiger partial charge on any atom is -0.481 e. The maximum atomic E-state index is 11.3. The molecule has 2 fully saturated rings. The van der Waals surface area contributed by atoms with Gasteiger partial charge in [0, 0.05) is 38.1 Å². The molecular weight excluding hydrogens is 336 g/mol. The van der Waals surface area contributed by atoms with E-state index in [1.165, 1.54) is 36.6 Å².